The van der Waals surface area contributed by atoms with Crippen molar-refractivity contribution in [3.63, 3.8) is 0 Å². The third kappa shape index (κ3) is 11.9. The average molecular weight is 296 g/mol. The molecule has 2 unspecified atom stereocenters. The van der Waals surface area contributed by atoms with Crippen molar-refractivity contribution in [2.75, 3.05) is 34.3 Å². The predicted octanol–water partition coefficient (Wildman–Crippen LogP) is -0.202. The molecule has 0 radical (unpaired) electrons. The lowest BCUT2D eigenvalue weighted by atomic mass is 10.2. The first-order valence-corrected chi connectivity index (χ1v) is 7.10. The van der Waals surface area contributed by atoms with Crippen molar-refractivity contribution in [3.05, 3.63) is 12.8 Å². The van der Waals surface area contributed by atoms with E-state index in [2.05, 4.69) is 16.4 Å². The van der Waals surface area contributed by atoms with Crippen LogP contribution in [-0.4, -0.2) is 55.9 Å². The Kier molecular flexibility index (Phi) is 7.25. The van der Waals surface area contributed by atoms with Gasteiger partial charge in [0.25, 0.3) is 7.82 Å². The molecule has 0 aromatic rings. The standard InChI is InChI=1S/C10H21N2O6P/c1-5-11-10(13)18-9(6-7-12(2,3)4)8-17-19(14,15)16/h5,9H,1,6-8H2,2-4H3,(H2-,11,13,14,15,16). The quantitative estimate of drug-likeness (QED) is 0.474. The molecule has 0 aromatic carbocycles. The molecular formula is C10H21N2O6P. The predicted molar refractivity (Wildman–Crippen MR) is 66.9 cm³/mol. The number of hydrogen-bond donors (Lipinski definition) is 2. The van der Waals surface area contributed by atoms with Gasteiger partial charge in [0.1, 0.15) is 6.10 Å². The van der Waals surface area contributed by atoms with Crippen molar-refractivity contribution in [1.82, 2.24) is 5.32 Å². The Morgan fingerprint density at radius 1 is 1.58 bits per heavy atom. The Hall–Kier alpha value is -0.920. The number of nitrogens with zero attached hydrogens (tertiary/aromatic N) is 1. The fourth-order valence-electron chi connectivity index (χ4n) is 1.15. The lowest BCUT2D eigenvalue weighted by Crippen LogP contribution is -2.39. The fourth-order valence-corrected chi connectivity index (χ4v) is 1.51. The first-order chi connectivity index (χ1) is 8.53. The van der Waals surface area contributed by atoms with E-state index in [0.717, 1.165) is 6.20 Å². The van der Waals surface area contributed by atoms with E-state index in [0.29, 0.717) is 17.4 Å². The zero-order chi connectivity index (χ0) is 15.1. The summed E-state index contributed by atoms with van der Waals surface area (Å²) in [6, 6.07) is 0. The maximum Gasteiger partial charge on any atom is 0.411 e. The van der Waals surface area contributed by atoms with E-state index < -0.39 is 26.6 Å². The molecule has 0 aliphatic heterocycles. The van der Waals surface area contributed by atoms with Gasteiger partial charge in [0.2, 0.25) is 0 Å². The van der Waals surface area contributed by atoms with Crippen molar-refractivity contribution in [1.29, 1.82) is 0 Å². The highest BCUT2D eigenvalue weighted by Crippen LogP contribution is 2.30. The molecule has 8 nitrogen and oxygen atoms in total. The summed E-state index contributed by atoms with van der Waals surface area (Å²) in [7, 11) is 0.981. The number of alkyl carbamates (subject to hydrolysis) is 1. The number of phosphoric ester groups is 1. The topological polar surface area (TPSA) is 108 Å². The zero-order valence-electron chi connectivity index (χ0n) is 11.4. The first kappa shape index (κ1) is 18.1. The number of quaternary nitrogens is 1. The molecule has 1 amide bonds. The third-order valence-corrected chi connectivity index (χ3v) is 2.51. The Bertz CT molecular complexity index is 348. The second-order valence-electron chi connectivity index (χ2n) is 4.94. The Balaban J connectivity index is 4.41. The van der Waals surface area contributed by atoms with Gasteiger partial charge in [-0.25, -0.2) is 4.79 Å². The molecule has 0 spiro atoms. The Morgan fingerprint density at radius 3 is 2.58 bits per heavy atom. The summed E-state index contributed by atoms with van der Waals surface area (Å²) in [6.45, 7) is 3.50. The van der Waals surface area contributed by atoms with Gasteiger partial charge in [0.05, 0.1) is 34.3 Å². The second kappa shape index (κ2) is 7.62. The minimum atomic E-state index is -4.83. The van der Waals surface area contributed by atoms with Gasteiger partial charge in [-0.15, -0.1) is 0 Å². The summed E-state index contributed by atoms with van der Waals surface area (Å²) >= 11 is 0. The molecule has 0 aromatic heterocycles. The highest BCUT2D eigenvalue weighted by molar-refractivity contribution is 7.44. The van der Waals surface area contributed by atoms with E-state index in [1.165, 1.54) is 0 Å². The van der Waals surface area contributed by atoms with Gasteiger partial charge in [-0.05, 0) is 6.20 Å². The minimum absolute atomic E-state index is 0.383. The summed E-state index contributed by atoms with van der Waals surface area (Å²) in [6.07, 6.45) is -0.0195. The third-order valence-electron chi connectivity index (χ3n) is 2.04. The van der Waals surface area contributed by atoms with E-state index in [4.69, 9.17) is 9.63 Å². The van der Waals surface area contributed by atoms with Crippen molar-refractivity contribution in [2.24, 2.45) is 0 Å². The molecule has 112 valence electrons. The number of carbonyl (C=O) groups excluding carboxylic acids is 1. The highest BCUT2D eigenvalue weighted by atomic mass is 31.2. The highest BCUT2D eigenvalue weighted by Gasteiger charge is 2.20. The van der Waals surface area contributed by atoms with E-state index in [1.54, 1.807) is 0 Å². The number of hydrogen-bond acceptors (Lipinski definition) is 5. The number of carbonyl (C=O) groups is 1. The summed E-state index contributed by atoms with van der Waals surface area (Å²) in [5.41, 5.74) is 0. The average Bonchev–Trinajstić information content (AvgIpc) is 2.20. The van der Waals surface area contributed by atoms with Gasteiger partial charge in [0.15, 0.2) is 0 Å². The van der Waals surface area contributed by atoms with Gasteiger partial charge in [-0.1, -0.05) is 6.58 Å². The zero-order valence-corrected chi connectivity index (χ0v) is 12.3. The van der Waals surface area contributed by atoms with Crippen LogP contribution in [0.2, 0.25) is 0 Å². The van der Waals surface area contributed by atoms with Crippen molar-refractivity contribution >= 4 is 13.9 Å². The van der Waals surface area contributed by atoms with Crippen LogP contribution in [0.5, 0.6) is 0 Å². The van der Waals surface area contributed by atoms with Crippen LogP contribution >= 0.6 is 7.82 Å². The monoisotopic (exact) mass is 296 g/mol. The van der Waals surface area contributed by atoms with Gasteiger partial charge in [0, 0.05) is 6.42 Å². The number of rotatable bonds is 8. The summed E-state index contributed by atoms with van der Waals surface area (Å²) in [4.78, 5) is 30.3. The lowest BCUT2D eigenvalue weighted by molar-refractivity contribution is -0.870. The lowest BCUT2D eigenvalue weighted by Gasteiger charge is -2.27. The number of nitrogens with one attached hydrogen (secondary N) is 1. The number of ether oxygens (including phenoxy) is 1. The molecule has 0 aliphatic rings. The van der Waals surface area contributed by atoms with Crippen LogP contribution < -0.4 is 10.2 Å². The first-order valence-electron chi connectivity index (χ1n) is 5.60. The van der Waals surface area contributed by atoms with E-state index in [1.807, 2.05) is 21.1 Å². The Labute approximate surface area is 112 Å². The molecule has 9 heteroatoms. The van der Waals surface area contributed by atoms with Gasteiger partial charge < -0.3 is 23.5 Å². The van der Waals surface area contributed by atoms with Gasteiger partial charge in [-0.3, -0.25) is 9.88 Å². The molecule has 0 rings (SSSR count). The van der Waals surface area contributed by atoms with Crippen LogP contribution in [0.15, 0.2) is 12.8 Å². The van der Waals surface area contributed by atoms with Crippen molar-refractivity contribution in [2.45, 2.75) is 12.5 Å². The largest absolute Gasteiger partial charge is 0.756 e. The molecule has 0 aliphatic carbocycles. The summed E-state index contributed by atoms with van der Waals surface area (Å²) < 4.78 is 20.3. The number of phosphoric acid groups is 1. The van der Waals surface area contributed by atoms with Crippen LogP contribution in [0.4, 0.5) is 4.79 Å². The fraction of sp³-hybridized carbons (Fsp3) is 0.700. The van der Waals surface area contributed by atoms with Crippen molar-refractivity contribution < 1.29 is 32.9 Å². The molecule has 2 N–H and O–H groups in total. The van der Waals surface area contributed by atoms with Gasteiger partial charge in [-0.2, -0.15) is 0 Å². The molecular weight excluding hydrogens is 275 g/mol. The van der Waals surface area contributed by atoms with E-state index in [-0.39, 0.29) is 0 Å². The smallest absolute Gasteiger partial charge is 0.411 e. The molecule has 2 atom stereocenters. The molecule has 0 heterocycles. The minimum Gasteiger partial charge on any atom is -0.756 e. The molecule has 19 heavy (non-hydrogen) atoms. The van der Waals surface area contributed by atoms with Crippen LogP contribution in [0.1, 0.15) is 6.42 Å². The van der Waals surface area contributed by atoms with Gasteiger partial charge >= 0.3 is 6.09 Å². The number of amides is 1. The normalized spacial score (nSPS) is 16.3. The maximum absolute atomic E-state index is 11.2. The molecule has 0 saturated carbocycles. The summed E-state index contributed by atoms with van der Waals surface area (Å²) in [5, 5.41) is 2.20. The SMILES string of the molecule is C=CNC(=O)OC(CC[N+](C)(C)C)COP(=O)([O-])O. The van der Waals surface area contributed by atoms with Crippen LogP contribution in [0.25, 0.3) is 0 Å². The van der Waals surface area contributed by atoms with Crippen LogP contribution in [-0.2, 0) is 13.8 Å². The maximum atomic E-state index is 11.2. The van der Waals surface area contributed by atoms with Crippen LogP contribution in [0.3, 0.4) is 0 Å². The molecule has 0 bridgehead atoms. The summed E-state index contributed by atoms with van der Waals surface area (Å²) in [5.74, 6) is 0. The van der Waals surface area contributed by atoms with Crippen molar-refractivity contribution in [3.8, 4) is 0 Å². The second-order valence-corrected chi connectivity index (χ2v) is 6.14. The molecule has 0 saturated heterocycles. The molecule has 0 fully saturated rings. The van der Waals surface area contributed by atoms with Crippen LogP contribution in [0, 0.1) is 0 Å². The Morgan fingerprint density at radius 2 is 2.16 bits per heavy atom. The van der Waals surface area contributed by atoms with E-state index >= 15 is 0 Å². The van der Waals surface area contributed by atoms with E-state index in [9.17, 15) is 14.3 Å².